The molecule has 0 aliphatic rings. The normalized spacial score (nSPS) is 12.7. The highest BCUT2D eigenvalue weighted by Crippen LogP contribution is 2.11. The molecule has 0 bridgehead atoms. The van der Waals surface area contributed by atoms with Crippen LogP contribution in [0.15, 0.2) is 24.3 Å². The number of nitrogens with two attached hydrogens (primary N) is 1. The van der Waals surface area contributed by atoms with Gasteiger partial charge < -0.3 is 10.5 Å². The largest absolute Gasteiger partial charge is 0.383 e. The van der Waals surface area contributed by atoms with Crippen LogP contribution in [0.5, 0.6) is 0 Å². The highest BCUT2D eigenvalue weighted by Gasteiger charge is 2.11. The van der Waals surface area contributed by atoms with Gasteiger partial charge >= 0.3 is 0 Å². The molecule has 3 heteroatoms. The van der Waals surface area contributed by atoms with Gasteiger partial charge in [-0.3, -0.25) is 4.79 Å². The third kappa shape index (κ3) is 4.98. The molecule has 1 rings (SSSR count). The number of carbonyl (C=O) groups excluding carboxylic acids is 1. The molecule has 0 aliphatic carbocycles. The molecule has 0 saturated heterocycles. The van der Waals surface area contributed by atoms with Crippen LogP contribution < -0.4 is 5.73 Å². The highest BCUT2D eigenvalue weighted by molar-refractivity contribution is 5.96. The number of Topliss-reactive ketones (excluding diaryl/α,β-unsaturated/α-hetero) is 1. The number of hydrogen-bond donors (Lipinski definition) is 1. The number of ether oxygens (including phenoxy) is 1. The van der Waals surface area contributed by atoms with Crippen LogP contribution in [0, 0.1) is 5.92 Å². The Balaban J connectivity index is 2.59. The molecule has 18 heavy (non-hydrogen) atoms. The zero-order valence-electron chi connectivity index (χ0n) is 11.5. The lowest BCUT2D eigenvalue weighted by Gasteiger charge is -2.10. The van der Waals surface area contributed by atoms with E-state index < -0.39 is 0 Å². The summed E-state index contributed by atoms with van der Waals surface area (Å²) in [5, 5.41) is 0. The maximum absolute atomic E-state index is 11.9. The molecule has 0 spiro atoms. The van der Waals surface area contributed by atoms with Crippen molar-refractivity contribution < 1.29 is 9.53 Å². The van der Waals surface area contributed by atoms with Crippen molar-refractivity contribution >= 4 is 5.78 Å². The minimum Gasteiger partial charge on any atom is -0.383 e. The van der Waals surface area contributed by atoms with Gasteiger partial charge in [-0.1, -0.05) is 38.1 Å². The molecule has 0 aromatic heterocycles. The van der Waals surface area contributed by atoms with E-state index in [1.165, 1.54) is 5.56 Å². The average Bonchev–Trinajstić information content (AvgIpc) is 2.29. The molecule has 0 radical (unpaired) electrons. The fraction of sp³-hybridized carbons (Fsp3) is 0.533. The fourth-order valence-electron chi connectivity index (χ4n) is 1.93. The third-order valence-electron chi connectivity index (χ3n) is 2.75. The number of carbonyl (C=O) groups is 1. The van der Waals surface area contributed by atoms with Crippen molar-refractivity contribution in [3.05, 3.63) is 35.4 Å². The van der Waals surface area contributed by atoms with E-state index >= 15 is 0 Å². The summed E-state index contributed by atoms with van der Waals surface area (Å²) in [7, 11) is 1.59. The molecule has 100 valence electrons. The van der Waals surface area contributed by atoms with Crippen molar-refractivity contribution in [3.63, 3.8) is 0 Å². The molecule has 3 nitrogen and oxygen atoms in total. The topological polar surface area (TPSA) is 52.3 Å². The Morgan fingerprint density at radius 3 is 2.39 bits per heavy atom. The number of benzene rings is 1. The van der Waals surface area contributed by atoms with Crippen LogP contribution in [-0.2, 0) is 11.2 Å². The lowest BCUT2D eigenvalue weighted by molar-refractivity contribution is 0.0949. The van der Waals surface area contributed by atoms with Crippen LogP contribution in [0.2, 0.25) is 0 Å². The maximum Gasteiger partial charge on any atom is 0.164 e. The average molecular weight is 249 g/mol. The molecule has 2 N–H and O–H groups in total. The Bertz CT molecular complexity index is 371. The molecule has 0 amide bonds. The third-order valence-corrected chi connectivity index (χ3v) is 2.75. The second-order valence-corrected chi connectivity index (χ2v) is 5.14. The van der Waals surface area contributed by atoms with Crippen molar-refractivity contribution in [1.82, 2.24) is 0 Å². The SMILES string of the molecule is COCC(N)CC(=O)c1ccc(CC(C)C)cc1. The number of methoxy groups -OCH3 is 1. The van der Waals surface area contributed by atoms with E-state index in [2.05, 4.69) is 13.8 Å². The van der Waals surface area contributed by atoms with E-state index in [1.54, 1.807) is 7.11 Å². The van der Waals surface area contributed by atoms with Crippen LogP contribution in [0.1, 0.15) is 36.2 Å². The van der Waals surface area contributed by atoms with E-state index in [0.717, 1.165) is 12.0 Å². The molecule has 0 fully saturated rings. The second-order valence-electron chi connectivity index (χ2n) is 5.14. The highest BCUT2D eigenvalue weighted by atomic mass is 16.5. The van der Waals surface area contributed by atoms with Crippen molar-refractivity contribution in [1.29, 1.82) is 0 Å². The zero-order valence-corrected chi connectivity index (χ0v) is 11.5. The van der Waals surface area contributed by atoms with Gasteiger partial charge in [-0.15, -0.1) is 0 Å². The first-order chi connectivity index (χ1) is 8.52. The monoisotopic (exact) mass is 249 g/mol. The minimum atomic E-state index is -0.224. The van der Waals surface area contributed by atoms with Gasteiger partial charge in [0.15, 0.2) is 5.78 Å². The minimum absolute atomic E-state index is 0.0793. The number of hydrogen-bond acceptors (Lipinski definition) is 3. The summed E-state index contributed by atoms with van der Waals surface area (Å²) < 4.78 is 4.93. The van der Waals surface area contributed by atoms with E-state index in [1.807, 2.05) is 24.3 Å². The molecule has 1 aromatic carbocycles. The van der Waals surface area contributed by atoms with E-state index in [-0.39, 0.29) is 11.8 Å². The predicted molar refractivity (Wildman–Crippen MR) is 73.8 cm³/mol. The Morgan fingerprint density at radius 1 is 1.28 bits per heavy atom. The summed E-state index contributed by atoms with van der Waals surface area (Å²) in [6.45, 7) is 4.78. The van der Waals surface area contributed by atoms with Crippen LogP contribution in [0.4, 0.5) is 0 Å². The summed E-state index contributed by atoms with van der Waals surface area (Å²) >= 11 is 0. The summed E-state index contributed by atoms with van der Waals surface area (Å²) in [6, 6.07) is 7.60. The summed E-state index contributed by atoms with van der Waals surface area (Å²) in [5.74, 6) is 0.706. The lowest BCUT2D eigenvalue weighted by atomic mass is 9.99. The van der Waals surface area contributed by atoms with Gasteiger partial charge in [-0.2, -0.15) is 0 Å². The lowest BCUT2D eigenvalue weighted by Crippen LogP contribution is -2.28. The van der Waals surface area contributed by atoms with Crippen molar-refractivity contribution in [2.75, 3.05) is 13.7 Å². The zero-order chi connectivity index (χ0) is 13.5. The first-order valence-corrected chi connectivity index (χ1v) is 6.39. The van der Waals surface area contributed by atoms with Crippen molar-refractivity contribution in [2.45, 2.75) is 32.7 Å². The number of ketones is 1. The Hall–Kier alpha value is -1.19. The molecule has 0 saturated carbocycles. The van der Waals surface area contributed by atoms with Gasteiger partial charge in [0.1, 0.15) is 0 Å². The molecular weight excluding hydrogens is 226 g/mol. The van der Waals surface area contributed by atoms with Crippen LogP contribution >= 0.6 is 0 Å². The van der Waals surface area contributed by atoms with Crippen molar-refractivity contribution in [3.8, 4) is 0 Å². The van der Waals surface area contributed by atoms with Gasteiger partial charge in [0, 0.05) is 25.1 Å². The predicted octanol–water partition coefficient (Wildman–Crippen LogP) is 2.43. The van der Waals surface area contributed by atoms with Gasteiger partial charge in [0.2, 0.25) is 0 Å². The van der Waals surface area contributed by atoms with Crippen LogP contribution in [-0.4, -0.2) is 25.5 Å². The Morgan fingerprint density at radius 2 is 1.89 bits per heavy atom. The Labute approximate surface area is 109 Å². The smallest absolute Gasteiger partial charge is 0.164 e. The first kappa shape index (κ1) is 14.9. The molecular formula is C15H23NO2. The standard InChI is InChI=1S/C15H23NO2/c1-11(2)8-12-4-6-13(7-5-12)15(17)9-14(16)10-18-3/h4-7,11,14H,8-10,16H2,1-3H3. The molecule has 1 aromatic rings. The molecule has 0 aliphatic heterocycles. The van der Waals surface area contributed by atoms with Crippen LogP contribution in [0.3, 0.4) is 0 Å². The molecule has 1 atom stereocenters. The summed E-state index contributed by atoms with van der Waals surface area (Å²) in [5.41, 5.74) is 7.77. The fourth-order valence-corrected chi connectivity index (χ4v) is 1.93. The number of rotatable bonds is 7. The van der Waals surface area contributed by atoms with E-state index in [4.69, 9.17) is 10.5 Å². The molecule has 0 heterocycles. The summed E-state index contributed by atoms with van der Waals surface area (Å²) in [6.07, 6.45) is 1.37. The van der Waals surface area contributed by atoms with Gasteiger partial charge in [-0.25, -0.2) is 0 Å². The Kier molecular flexibility index (Phi) is 6.02. The summed E-state index contributed by atoms with van der Waals surface area (Å²) in [4.78, 5) is 11.9. The first-order valence-electron chi connectivity index (χ1n) is 6.39. The molecule has 1 unspecified atom stereocenters. The van der Waals surface area contributed by atoms with E-state index in [9.17, 15) is 4.79 Å². The van der Waals surface area contributed by atoms with Crippen molar-refractivity contribution in [2.24, 2.45) is 11.7 Å². The van der Waals surface area contributed by atoms with Gasteiger partial charge in [0.25, 0.3) is 0 Å². The van der Waals surface area contributed by atoms with E-state index in [0.29, 0.717) is 18.9 Å². The second kappa shape index (κ2) is 7.29. The van der Waals surface area contributed by atoms with Gasteiger partial charge in [-0.05, 0) is 17.9 Å². The quantitative estimate of drug-likeness (QED) is 0.755. The van der Waals surface area contributed by atoms with Crippen LogP contribution in [0.25, 0.3) is 0 Å². The maximum atomic E-state index is 11.9. The van der Waals surface area contributed by atoms with Gasteiger partial charge in [0.05, 0.1) is 6.61 Å².